The third-order valence-electron chi connectivity index (χ3n) is 6.75. The summed E-state index contributed by atoms with van der Waals surface area (Å²) in [7, 11) is 3.50. The SMILES string of the molecule is COc1ccc(C)c2c1O[C@H]1C(=O)C[C@@H](O)[C@@]3(O)[C@@H](C)N(C)CC[C@]213. The molecule has 1 saturated heterocycles. The van der Waals surface area contributed by atoms with Gasteiger partial charge in [-0.2, -0.15) is 0 Å². The summed E-state index contributed by atoms with van der Waals surface area (Å²) in [6.07, 6.45) is -1.48. The summed E-state index contributed by atoms with van der Waals surface area (Å²) in [5, 5.41) is 22.7. The second-order valence-corrected chi connectivity index (χ2v) is 7.68. The molecule has 0 aromatic heterocycles. The first-order valence-corrected chi connectivity index (χ1v) is 8.77. The Hall–Kier alpha value is -1.63. The number of hydrogen-bond acceptors (Lipinski definition) is 6. The molecule has 1 saturated carbocycles. The van der Waals surface area contributed by atoms with Crippen LogP contribution in [0.5, 0.6) is 11.5 Å². The molecule has 6 heteroatoms. The number of piperidine rings is 1. The predicted octanol–water partition coefficient (Wildman–Crippen LogP) is 0.791. The summed E-state index contributed by atoms with van der Waals surface area (Å²) in [6, 6.07) is 3.43. The van der Waals surface area contributed by atoms with Gasteiger partial charge in [0.1, 0.15) is 5.60 Å². The number of benzene rings is 1. The molecule has 0 unspecified atom stereocenters. The van der Waals surface area contributed by atoms with Gasteiger partial charge in [-0.05, 0) is 45.5 Å². The molecular formula is C19H25NO5. The summed E-state index contributed by atoms with van der Waals surface area (Å²) in [5.74, 6) is 0.928. The van der Waals surface area contributed by atoms with Crippen LogP contribution in [0, 0.1) is 6.92 Å². The molecule has 1 aromatic rings. The Bertz CT molecular complexity index is 750. The zero-order valence-corrected chi connectivity index (χ0v) is 15.1. The Morgan fingerprint density at radius 2 is 2.12 bits per heavy atom. The van der Waals surface area contributed by atoms with Crippen LogP contribution in [-0.4, -0.2) is 65.4 Å². The molecule has 25 heavy (non-hydrogen) atoms. The van der Waals surface area contributed by atoms with E-state index in [4.69, 9.17) is 9.47 Å². The number of aliphatic hydroxyl groups excluding tert-OH is 1. The van der Waals surface area contributed by atoms with Gasteiger partial charge in [-0.25, -0.2) is 0 Å². The largest absolute Gasteiger partial charge is 0.493 e. The smallest absolute Gasteiger partial charge is 0.177 e. The number of likely N-dealkylation sites (N-methyl/N-ethyl adjacent to an activating group) is 1. The Labute approximate surface area is 147 Å². The van der Waals surface area contributed by atoms with Crippen molar-refractivity contribution in [1.29, 1.82) is 0 Å². The highest BCUT2D eigenvalue weighted by Gasteiger charge is 2.73. The van der Waals surface area contributed by atoms with Crippen molar-refractivity contribution >= 4 is 5.78 Å². The molecule has 1 aromatic carbocycles. The van der Waals surface area contributed by atoms with Gasteiger partial charge in [0.25, 0.3) is 0 Å². The van der Waals surface area contributed by atoms with Crippen LogP contribution in [0.1, 0.15) is 30.9 Å². The van der Waals surface area contributed by atoms with Crippen molar-refractivity contribution in [2.75, 3.05) is 20.7 Å². The first kappa shape index (κ1) is 16.8. The summed E-state index contributed by atoms with van der Waals surface area (Å²) in [5.41, 5.74) is -0.676. The van der Waals surface area contributed by atoms with Gasteiger partial charge in [0.15, 0.2) is 23.4 Å². The molecule has 5 atom stereocenters. The minimum atomic E-state index is -1.47. The van der Waals surface area contributed by atoms with Crippen molar-refractivity contribution in [2.24, 2.45) is 0 Å². The zero-order valence-electron chi connectivity index (χ0n) is 15.1. The molecule has 136 valence electrons. The van der Waals surface area contributed by atoms with Gasteiger partial charge in [-0.3, -0.25) is 4.79 Å². The number of ether oxygens (including phenoxy) is 2. The van der Waals surface area contributed by atoms with E-state index < -0.39 is 23.2 Å². The van der Waals surface area contributed by atoms with Crippen molar-refractivity contribution in [3.63, 3.8) is 0 Å². The standard InChI is InChI=1S/C19H25NO5/c1-10-5-6-13(24-4)16-15(10)18-7-8-20(3)11(2)19(18,23)14(22)9-12(21)17(18)25-16/h5-6,11,14,17,22-23H,7-9H2,1-4H3/t11-,14-,17+,18+,19+/m1/s1. The lowest BCUT2D eigenvalue weighted by molar-refractivity contribution is -0.219. The number of nitrogens with zero attached hydrogens (tertiary/aromatic N) is 1. The van der Waals surface area contributed by atoms with Gasteiger partial charge < -0.3 is 24.6 Å². The van der Waals surface area contributed by atoms with Crippen LogP contribution in [0.4, 0.5) is 0 Å². The third kappa shape index (κ3) is 1.77. The Morgan fingerprint density at radius 1 is 1.40 bits per heavy atom. The maximum absolute atomic E-state index is 12.8. The number of rotatable bonds is 1. The van der Waals surface area contributed by atoms with Crippen molar-refractivity contribution in [1.82, 2.24) is 4.90 Å². The highest BCUT2D eigenvalue weighted by molar-refractivity contribution is 5.90. The molecule has 0 bridgehead atoms. The molecule has 1 aliphatic carbocycles. The fourth-order valence-electron chi connectivity index (χ4n) is 5.33. The van der Waals surface area contributed by atoms with Gasteiger partial charge in [0.2, 0.25) is 0 Å². The van der Waals surface area contributed by atoms with Crippen LogP contribution in [-0.2, 0) is 10.2 Å². The number of aliphatic hydroxyl groups is 2. The lowest BCUT2D eigenvalue weighted by Crippen LogP contribution is -2.78. The molecular weight excluding hydrogens is 322 g/mol. The maximum atomic E-state index is 12.8. The number of ketones is 1. The lowest BCUT2D eigenvalue weighted by Gasteiger charge is -2.60. The monoisotopic (exact) mass is 347 g/mol. The Balaban J connectivity index is 2.04. The Kier molecular flexibility index (Phi) is 3.49. The average Bonchev–Trinajstić information content (AvgIpc) is 2.94. The first-order chi connectivity index (χ1) is 11.8. The third-order valence-corrected chi connectivity index (χ3v) is 6.75. The van der Waals surface area contributed by atoms with Crippen LogP contribution in [0.2, 0.25) is 0 Å². The van der Waals surface area contributed by atoms with Crippen LogP contribution in [0.25, 0.3) is 0 Å². The number of hydrogen-bond donors (Lipinski definition) is 2. The number of fused-ring (bicyclic) bond motifs is 1. The summed E-state index contributed by atoms with van der Waals surface area (Å²) < 4.78 is 11.6. The molecule has 2 aliphatic heterocycles. The average molecular weight is 347 g/mol. The van der Waals surface area contributed by atoms with E-state index in [-0.39, 0.29) is 18.2 Å². The molecule has 4 rings (SSSR count). The highest BCUT2D eigenvalue weighted by Crippen LogP contribution is 2.61. The minimum Gasteiger partial charge on any atom is -0.493 e. The number of carbonyl (C=O) groups excluding carboxylic acids is 1. The van der Waals surface area contributed by atoms with E-state index in [9.17, 15) is 15.0 Å². The van der Waals surface area contributed by atoms with Crippen molar-refractivity contribution in [3.8, 4) is 11.5 Å². The van der Waals surface area contributed by atoms with E-state index in [0.717, 1.165) is 11.1 Å². The number of Topliss-reactive ketones (excluding diaryl/α,β-unsaturated/α-hetero) is 1. The Morgan fingerprint density at radius 3 is 2.80 bits per heavy atom. The minimum absolute atomic E-state index is 0.101. The quantitative estimate of drug-likeness (QED) is 0.782. The fourth-order valence-corrected chi connectivity index (χ4v) is 5.33. The number of methoxy groups -OCH3 is 1. The topological polar surface area (TPSA) is 79.2 Å². The number of aryl methyl sites for hydroxylation is 1. The van der Waals surface area contributed by atoms with Crippen LogP contribution in [0.3, 0.4) is 0 Å². The molecule has 0 radical (unpaired) electrons. The predicted molar refractivity (Wildman–Crippen MR) is 91.1 cm³/mol. The van der Waals surface area contributed by atoms with Crippen LogP contribution >= 0.6 is 0 Å². The number of carbonyl (C=O) groups is 1. The normalized spacial score (nSPS) is 40.1. The van der Waals surface area contributed by atoms with Crippen LogP contribution < -0.4 is 9.47 Å². The number of likely N-dealkylation sites (tertiary alicyclic amines) is 1. The van der Waals surface area contributed by atoms with Gasteiger partial charge in [-0.1, -0.05) is 6.07 Å². The van der Waals surface area contributed by atoms with E-state index in [2.05, 4.69) is 0 Å². The molecule has 0 amide bonds. The second-order valence-electron chi connectivity index (χ2n) is 7.68. The van der Waals surface area contributed by atoms with E-state index in [1.807, 2.05) is 37.9 Å². The van der Waals surface area contributed by atoms with Gasteiger partial charge in [0, 0.05) is 18.0 Å². The molecule has 3 aliphatic rings. The van der Waals surface area contributed by atoms with E-state index in [0.29, 0.717) is 24.5 Å². The molecule has 2 fully saturated rings. The summed E-state index contributed by atoms with van der Waals surface area (Å²) in [4.78, 5) is 14.8. The fraction of sp³-hybridized carbons (Fsp3) is 0.632. The van der Waals surface area contributed by atoms with E-state index in [1.165, 1.54) is 0 Å². The second kappa shape index (κ2) is 5.19. The maximum Gasteiger partial charge on any atom is 0.177 e. The van der Waals surface area contributed by atoms with E-state index >= 15 is 0 Å². The first-order valence-electron chi connectivity index (χ1n) is 8.77. The molecule has 2 N–H and O–H groups in total. The van der Waals surface area contributed by atoms with Gasteiger partial charge >= 0.3 is 0 Å². The van der Waals surface area contributed by atoms with E-state index in [1.54, 1.807) is 7.11 Å². The van der Waals surface area contributed by atoms with Gasteiger partial charge in [0.05, 0.1) is 18.6 Å². The van der Waals surface area contributed by atoms with Crippen molar-refractivity contribution in [2.45, 2.75) is 56.0 Å². The molecule has 1 spiro atoms. The molecule has 2 heterocycles. The summed E-state index contributed by atoms with van der Waals surface area (Å²) >= 11 is 0. The van der Waals surface area contributed by atoms with Crippen molar-refractivity contribution < 1.29 is 24.5 Å². The zero-order chi connectivity index (χ0) is 18.1. The summed E-state index contributed by atoms with van der Waals surface area (Å²) in [6.45, 7) is 4.57. The lowest BCUT2D eigenvalue weighted by atomic mass is 9.51. The van der Waals surface area contributed by atoms with Crippen molar-refractivity contribution in [3.05, 3.63) is 23.3 Å². The van der Waals surface area contributed by atoms with Gasteiger partial charge in [-0.15, -0.1) is 0 Å². The highest BCUT2D eigenvalue weighted by atomic mass is 16.5. The van der Waals surface area contributed by atoms with Crippen LogP contribution in [0.15, 0.2) is 12.1 Å². The molecule has 6 nitrogen and oxygen atoms in total.